The van der Waals surface area contributed by atoms with Crippen molar-refractivity contribution in [2.45, 2.75) is 56.4 Å². The van der Waals surface area contributed by atoms with Gasteiger partial charge in [0.2, 0.25) is 6.79 Å². The maximum atomic E-state index is 9.89. The third-order valence-corrected chi connectivity index (χ3v) is 4.76. The van der Waals surface area contributed by atoms with Crippen molar-refractivity contribution in [3.63, 3.8) is 0 Å². The number of hydrogen-bond donors (Lipinski definition) is 4. The number of allylic oxidation sites excluding steroid dienone is 2. The maximum Gasteiger partial charge on any atom is 0.231 e. The van der Waals surface area contributed by atoms with Gasteiger partial charge in [0, 0.05) is 6.61 Å². The van der Waals surface area contributed by atoms with Crippen LogP contribution in [0.4, 0.5) is 0 Å². The molecule has 2 aliphatic heterocycles. The zero-order chi connectivity index (χ0) is 17.8. The second-order valence-corrected chi connectivity index (χ2v) is 6.57. The van der Waals surface area contributed by atoms with E-state index in [0.29, 0.717) is 12.5 Å². The minimum atomic E-state index is -1.40. The lowest BCUT2D eigenvalue weighted by Crippen LogP contribution is -2.59. The molecule has 1 unspecified atom stereocenters. The summed E-state index contributed by atoms with van der Waals surface area (Å²) in [6.07, 6.45) is 1.65. The van der Waals surface area contributed by atoms with E-state index < -0.39 is 37.3 Å². The lowest BCUT2D eigenvalue weighted by molar-refractivity contribution is -0.301. The second kappa shape index (κ2) is 8.48. The smallest absolute Gasteiger partial charge is 0.231 e. The van der Waals surface area contributed by atoms with Crippen molar-refractivity contribution >= 4 is 0 Å². The molecule has 8 heteroatoms. The quantitative estimate of drug-likeness (QED) is 0.461. The Balaban J connectivity index is 1.35. The largest absolute Gasteiger partial charge is 0.454 e. The lowest BCUT2D eigenvalue weighted by Gasteiger charge is -2.39. The Morgan fingerprint density at radius 1 is 1.04 bits per heavy atom. The number of unbranched alkanes of at least 4 members (excludes halogenated alkanes) is 1. The summed E-state index contributed by atoms with van der Waals surface area (Å²) in [5.41, 5.74) is 0. The van der Waals surface area contributed by atoms with Gasteiger partial charge < -0.3 is 39.4 Å². The molecule has 0 saturated carbocycles. The summed E-state index contributed by atoms with van der Waals surface area (Å²) in [5, 5.41) is 38.5. The van der Waals surface area contributed by atoms with E-state index in [0.717, 1.165) is 37.2 Å². The molecule has 0 radical (unpaired) electrons. The van der Waals surface area contributed by atoms with Crippen LogP contribution in [0, 0.1) is 5.92 Å². The Kier molecular flexibility index (Phi) is 6.32. The van der Waals surface area contributed by atoms with Gasteiger partial charge in [-0.15, -0.1) is 0 Å². The number of ether oxygens (including phenoxy) is 4. The minimum Gasteiger partial charge on any atom is -0.454 e. The van der Waals surface area contributed by atoms with Gasteiger partial charge in [0.15, 0.2) is 17.8 Å². The minimum absolute atomic E-state index is 0.289. The zero-order valence-corrected chi connectivity index (χ0v) is 14.0. The van der Waals surface area contributed by atoms with Crippen LogP contribution in [0.15, 0.2) is 23.7 Å². The first-order chi connectivity index (χ1) is 12.1. The summed E-state index contributed by atoms with van der Waals surface area (Å²) >= 11 is 0. The van der Waals surface area contributed by atoms with E-state index in [1.54, 1.807) is 0 Å². The van der Waals surface area contributed by atoms with Crippen LogP contribution in [0.25, 0.3) is 0 Å². The SMILES string of the molecule is OC[C@H]1O[C@@H](OCCCCC2C=C3OCOC3=CC2)[C@H](O)[C@@H](O)[C@@H]1O. The second-order valence-electron chi connectivity index (χ2n) is 6.57. The first-order valence-corrected chi connectivity index (χ1v) is 8.70. The van der Waals surface area contributed by atoms with Gasteiger partial charge in [-0.1, -0.05) is 6.42 Å². The number of rotatable bonds is 7. The highest BCUT2D eigenvalue weighted by Crippen LogP contribution is 2.31. The van der Waals surface area contributed by atoms with Gasteiger partial charge in [0.1, 0.15) is 24.4 Å². The van der Waals surface area contributed by atoms with Crippen LogP contribution in [0.2, 0.25) is 0 Å². The molecular formula is C17H26O8. The van der Waals surface area contributed by atoms with Crippen molar-refractivity contribution in [1.29, 1.82) is 0 Å². The summed E-state index contributed by atoms with van der Waals surface area (Å²) in [6, 6.07) is 0. The fraction of sp³-hybridized carbons (Fsp3) is 0.765. The predicted molar refractivity (Wildman–Crippen MR) is 84.9 cm³/mol. The first kappa shape index (κ1) is 18.6. The summed E-state index contributed by atoms with van der Waals surface area (Å²) in [7, 11) is 0. The van der Waals surface area contributed by atoms with Gasteiger partial charge in [-0.05, 0) is 37.3 Å². The molecule has 3 aliphatic rings. The lowest BCUT2D eigenvalue weighted by atomic mass is 9.93. The molecule has 0 amide bonds. The molecule has 4 N–H and O–H groups in total. The van der Waals surface area contributed by atoms with Crippen molar-refractivity contribution < 1.29 is 39.4 Å². The molecule has 2 saturated heterocycles. The fourth-order valence-electron chi connectivity index (χ4n) is 3.24. The highest BCUT2D eigenvalue weighted by molar-refractivity contribution is 5.27. The van der Waals surface area contributed by atoms with Gasteiger partial charge in [0.05, 0.1) is 6.61 Å². The Hall–Kier alpha value is -1.16. The molecule has 0 spiro atoms. The normalized spacial score (nSPS) is 37.6. The average molecular weight is 358 g/mol. The molecule has 6 atom stereocenters. The standard InChI is InChI=1S/C17H26O8/c18-8-13-14(19)15(20)16(21)17(25-13)22-6-2-1-3-10-4-5-11-12(7-10)24-9-23-11/h5,7,10,13-21H,1-4,6,8-9H2/t10?,13-,14-,15+,16-,17-/m1/s1. The molecule has 142 valence electrons. The van der Waals surface area contributed by atoms with Crippen LogP contribution in [-0.4, -0.2) is 71.1 Å². The van der Waals surface area contributed by atoms with Crippen LogP contribution in [0.1, 0.15) is 25.7 Å². The van der Waals surface area contributed by atoms with E-state index in [2.05, 4.69) is 12.2 Å². The van der Waals surface area contributed by atoms with Crippen molar-refractivity contribution in [3.8, 4) is 0 Å². The molecule has 3 rings (SSSR count). The molecule has 1 aliphatic carbocycles. The molecule has 0 aromatic rings. The van der Waals surface area contributed by atoms with E-state index in [1.807, 2.05) is 0 Å². The Labute approximate surface area is 146 Å². The Bertz CT molecular complexity index is 503. The van der Waals surface area contributed by atoms with Crippen LogP contribution >= 0.6 is 0 Å². The van der Waals surface area contributed by atoms with Crippen LogP contribution in [0.3, 0.4) is 0 Å². The van der Waals surface area contributed by atoms with Gasteiger partial charge >= 0.3 is 0 Å². The molecule has 8 nitrogen and oxygen atoms in total. The summed E-state index contributed by atoms with van der Waals surface area (Å²) < 4.78 is 21.5. The number of aliphatic hydroxyl groups is 4. The third kappa shape index (κ3) is 4.33. The molecule has 0 aromatic heterocycles. The van der Waals surface area contributed by atoms with E-state index in [1.165, 1.54) is 0 Å². The van der Waals surface area contributed by atoms with E-state index in [9.17, 15) is 15.3 Å². The third-order valence-electron chi connectivity index (χ3n) is 4.76. The van der Waals surface area contributed by atoms with Crippen LogP contribution in [-0.2, 0) is 18.9 Å². The summed E-state index contributed by atoms with van der Waals surface area (Å²) in [5.74, 6) is 2.07. The van der Waals surface area contributed by atoms with Crippen LogP contribution in [0.5, 0.6) is 0 Å². The molecule has 0 aromatic carbocycles. The number of aliphatic hydroxyl groups excluding tert-OH is 4. The van der Waals surface area contributed by atoms with Crippen molar-refractivity contribution in [2.24, 2.45) is 5.92 Å². The molecule has 2 heterocycles. The van der Waals surface area contributed by atoms with E-state index in [4.69, 9.17) is 24.1 Å². The van der Waals surface area contributed by atoms with Crippen molar-refractivity contribution in [1.82, 2.24) is 0 Å². The van der Waals surface area contributed by atoms with Crippen LogP contribution < -0.4 is 0 Å². The monoisotopic (exact) mass is 358 g/mol. The number of hydrogen-bond acceptors (Lipinski definition) is 8. The summed E-state index contributed by atoms with van der Waals surface area (Å²) in [4.78, 5) is 0. The average Bonchev–Trinajstić information content (AvgIpc) is 3.09. The van der Waals surface area contributed by atoms with Crippen molar-refractivity contribution in [2.75, 3.05) is 20.0 Å². The zero-order valence-electron chi connectivity index (χ0n) is 14.0. The summed E-state index contributed by atoms with van der Waals surface area (Å²) in [6.45, 7) is 0.187. The topological polar surface area (TPSA) is 118 Å². The molecule has 2 fully saturated rings. The van der Waals surface area contributed by atoms with E-state index in [-0.39, 0.29) is 6.79 Å². The maximum absolute atomic E-state index is 9.89. The molecular weight excluding hydrogens is 332 g/mol. The predicted octanol–water partition coefficient (Wildman–Crippen LogP) is -0.235. The van der Waals surface area contributed by atoms with Gasteiger partial charge in [-0.25, -0.2) is 0 Å². The van der Waals surface area contributed by atoms with E-state index >= 15 is 0 Å². The van der Waals surface area contributed by atoms with Gasteiger partial charge in [0.25, 0.3) is 0 Å². The van der Waals surface area contributed by atoms with Crippen molar-refractivity contribution in [3.05, 3.63) is 23.7 Å². The van der Waals surface area contributed by atoms with Gasteiger partial charge in [-0.3, -0.25) is 0 Å². The first-order valence-electron chi connectivity index (χ1n) is 8.70. The highest BCUT2D eigenvalue weighted by atomic mass is 16.7. The molecule has 25 heavy (non-hydrogen) atoms. The highest BCUT2D eigenvalue weighted by Gasteiger charge is 2.43. The number of fused-ring (bicyclic) bond motifs is 1. The van der Waals surface area contributed by atoms with Gasteiger partial charge in [-0.2, -0.15) is 0 Å². The molecule has 0 bridgehead atoms. The Morgan fingerprint density at radius 3 is 2.64 bits per heavy atom. The Morgan fingerprint density at radius 2 is 1.84 bits per heavy atom. The fourth-order valence-corrected chi connectivity index (χ4v) is 3.24.